The SMILES string of the molecule is CC[C@@H](CC(=O)O)c1ccc(S(=O)(=O)Cl)cc1. The molecule has 1 N–H and O–H groups in total. The number of halogens is 1. The van der Waals surface area contributed by atoms with Gasteiger partial charge in [-0.25, -0.2) is 8.42 Å². The summed E-state index contributed by atoms with van der Waals surface area (Å²) in [5.74, 6) is -0.981. The third-order valence-electron chi connectivity index (χ3n) is 2.55. The van der Waals surface area contributed by atoms with Crippen LogP contribution in [0.3, 0.4) is 0 Å². The molecule has 1 aromatic carbocycles. The van der Waals surface area contributed by atoms with Gasteiger partial charge in [0.15, 0.2) is 0 Å². The van der Waals surface area contributed by atoms with Gasteiger partial charge >= 0.3 is 5.97 Å². The molecule has 6 heteroatoms. The third kappa shape index (κ3) is 4.02. The molecule has 0 bridgehead atoms. The summed E-state index contributed by atoms with van der Waals surface area (Å²) >= 11 is 0. The molecule has 0 radical (unpaired) electrons. The van der Waals surface area contributed by atoms with E-state index in [1.165, 1.54) is 12.1 Å². The van der Waals surface area contributed by atoms with Crippen LogP contribution in [0.2, 0.25) is 0 Å². The lowest BCUT2D eigenvalue weighted by Crippen LogP contribution is -2.05. The summed E-state index contributed by atoms with van der Waals surface area (Å²) in [6.07, 6.45) is 0.711. The summed E-state index contributed by atoms with van der Waals surface area (Å²) in [6.45, 7) is 1.89. The van der Waals surface area contributed by atoms with Gasteiger partial charge < -0.3 is 5.11 Å². The number of rotatable bonds is 5. The van der Waals surface area contributed by atoms with Crippen LogP contribution in [0.5, 0.6) is 0 Å². The van der Waals surface area contributed by atoms with Crippen molar-refractivity contribution in [3.05, 3.63) is 29.8 Å². The quantitative estimate of drug-likeness (QED) is 0.839. The highest BCUT2D eigenvalue weighted by Crippen LogP contribution is 2.25. The lowest BCUT2D eigenvalue weighted by Gasteiger charge is -2.12. The van der Waals surface area contributed by atoms with Crippen molar-refractivity contribution in [3.63, 3.8) is 0 Å². The van der Waals surface area contributed by atoms with E-state index in [9.17, 15) is 13.2 Å². The van der Waals surface area contributed by atoms with Crippen molar-refractivity contribution in [2.24, 2.45) is 0 Å². The fraction of sp³-hybridized carbons (Fsp3) is 0.364. The largest absolute Gasteiger partial charge is 0.481 e. The molecule has 0 saturated carbocycles. The minimum absolute atomic E-state index is 0.0214. The van der Waals surface area contributed by atoms with Gasteiger partial charge in [-0.2, -0.15) is 0 Å². The molecule has 0 aromatic heterocycles. The molecule has 0 aliphatic carbocycles. The van der Waals surface area contributed by atoms with Gasteiger partial charge in [-0.3, -0.25) is 4.79 Å². The number of carboxylic acids is 1. The monoisotopic (exact) mass is 276 g/mol. The van der Waals surface area contributed by atoms with Crippen molar-refractivity contribution >= 4 is 25.7 Å². The molecule has 0 fully saturated rings. The third-order valence-corrected chi connectivity index (χ3v) is 3.92. The summed E-state index contributed by atoms with van der Waals surface area (Å²) in [5.41, 5.74) is 0.805. The molecule has 0 unspecified atom stereocenters. The van der Waals surface area contributed by atoms with Crippen LogP contribution >= 0.6 is 10.7 Å². The molecule has 0 aliphatic rings. The van der Waals surface area contributed by atoms with E-state index in [1.807, 2.05) is 6.92 Å². The summed E-state index contributed by atoms with van der Waals surface area (Å²) in [6, 6.07) is 5.99. The molecule has 0 amide bonds. The van der Waals surface area contributed by atoms with Crippen LogP contribution < -0.4 is 0 Å². The molecule has 1 aromatic rings. The minimum Gasteiger partial charge on any atom is -0.481 e. The number of carboxylic acid groups (broad SMARTS) is 1. The Balaban J connectivity index is 2.97. The second-order valence-corrected chi connectivity index (χ2v) is 6.28. The average molecular weight is 277 g/mol. The second-order valence-electron chi connectivity index (χ2n) is 3.71. The Bertz CT molecular complexity index is 493. The fourth-order valence-corrected chi connectivity index (χ4v) is 2.38. The van der Waals surface area contributed by atoms with Crippen LogP contribution in [0.15, 0.2) is 29.2 Å². The van der Waals surface area contributed by atoms with Gasteiger partial charge in [0.1, 0.15) is 0 Å². The van der Waals surface area contributed by atoms with Crippen molar-refractivity contribution < 1.29 is 18.3 Å². The van der Waals surface area contributed by atoms with E-state index >= 15 is 0 Å². The van der Waals surface area contributed by atoms with E-state index < -0.39 is 15.0 Å². The number of carbonyl (C=O) groups is 1. The summed E-state index contributed by atoms with van der Waals surface area (Å²) in [5, 5.41) is 8.74. The predicted octanol–water partition coefficient (Wildman–Crippen LogP) is 2.58. The molecular formula is C11H13ClO4S. The predicted molar refractivity (Wildman–Crippen MR) is 64.8 cm³/mol. The van der Waals surface area contributed by atoms with Crippen LogP contribution in [0.4, 0.5) is 0 Å². The molecule has 0 aliphatic heterocycles. The maximum absolute atomic E-state index is 11.0. The highest BCUT2D eigenvalue weighted by molar-refractivity contribution is 8.13. The molecule has 94 valence electrons. The van der Waals surface area contributed by atoms with Crippen molar-refractivity contribution in [2.75, 3.05) is 0 Å². The first-order valence-electron chi connectivity index (χ1n) is 5.11. The standard InChI is InChI=1S/C11H13ClO4S/c1-2-8(7-11(13)14)9-3-5-10(6-4-9)17(12,15)16/h3-6,8H,2,7H2,1H3,(H,13,14)/t8-/m0/s1. The van der Waals surface area contributed by atoms with Gasteiger partial charge in [0.05, 0.1) is 11.3 Å². The topological polar surface area (TPSA) is 71.4 Å². The van der Waals surface area contributed by atoms with Crippen LogP contribution in [0.25, 0.3) is 0 Å². The van der Waals surface area contributed by atoms with E-state index in [2.05, 4.69) is 0 Å². The van der Waals surface area contributed by atoms with E-state index in [4.69, 9.17) is 15.8 Å². The zero-order chi connectivity index (χ0) is 13.1. The number of hydrogen-bond donors (Lipinski definition) is 1. The molecular weight excluding hydrogens is 264 g/mol. The van der Waals surface area contributed by atoms with Crippen LogP contribution in [-0.4, -0.2) is 19.5 Å². The van der Waals surface area contributed by atoms with Crippen molar-refractivity contribution in [2.45, 2.75) is 30.6 Å². The van der Waals surface area contributed by atoms with Gasteiger partial charge in [-0.15, -0.1) is 0 Å². The lowest BCUT2D eigenvalue weighted by molar-refractivity contribution is -0.137. The molecule has 0 spiro atoms. The Labute approximate surface area is 105 Å². The van der Waals surface area contributed by atoms with Gasteiger partial charge in [0.25, 0.3) is 9.05 Å². The molecule has 1 atom stereocenters. The van der Waals surface area contributed by atoms with Crippen LogP contribution in [-0.2, 0) is 13.8 Å². The van der Waals surface area contributed by atoms with Gasteiger partial charge in [-0.1, -0.05) is 19.1 Å². The lowest BCUT2D eigenvalue weighted by atomic mass is 9.93. The summed E-state index contributed by atoms with van der Waals surface area (Å²) in [7, 11) is 1.47. The second kappa shape index (κ2) is 5.51. The van der Waals surface area contributed by atoms with Gasteiger partial charge in [-0.05, 0) is 30.0 Å². The molecule has 17 heavy (non-hydrogen) atoms. The molecule has 0 heterocycles. The van der Waals surface area contributed by atoms with Crippen molar-refractivity contribution in [1.29, 1.82) is 0 Å². The Morgan fingerprint density at radius 2 is 1.88 bits per heavy atom. The maximum Gasteiger partial charge on any atom is 0.303 e. The summed E-state index contributed by atoms with van der Waals surface area (Å²) < 4.78 is 22.1. The molecule has 1 rings (SSSR count). The zero-order valence-electron chi connectivity index (χ0n) is 9.26. The summed E-state index contributed by atoms with van der Waals surface area (Å²) in [4.78, 5) is 10.7. The fourth-order valence-electron chi connectivity index (χ4n) is 1.61. The first-order valence-corrected chi connectivity index (χ1v) is 7.42. The smallest absolute Gasteiger partial charge is 0.303 e. The normalized spacial score (nSPS) is 13.3. The Morgan fingerprint density at radius 3 is 2.24 bits per heavy atom. The van der Waals surface area contributed by atoms with E-state index in [0.717, 1.165) is 5.56 Å². The van der Waals surface area contributed by atoms with Crippen molar-refractivity contribution in [3.8, 4) is 0 Å². The van der Waals surface area contributed by atoms with Crippen LogP contribution in [0, 0.1) is 0 Å². The first kappa shape index (κ1) is 14.0. The zero-order valence-corrected chi connectivity index (χ0v) is 10.8. The minimum atomic E-state index is -3.72. The van der Waals surface area contributed by atoms with Crippen molar-refractivity contribution in [1.82, 2.24) is 0 Å². The van der Waals surface area contributed by atoms with E-state index in [1.54, 1.807) is 12.1 Å². The van der Waals surface area contributed by atoms with E-state index in [0.29, 0.717) is 6.42 Å². The number of hydrogen-bond acceptors (Lipinski definition) is 3. The number of aliphatic carboxylic acids is 1. The average Bonchev–Trinajstić information content (AvgIpc) is 2.24. The van der Waals surface area contributed by atoms with Crippen LogP contribution in [0.1, 0.15) is 31.2 Å². The van der Waals surface area contributed by atoms with Gasteiger partial charge in [0.2, 0.25) is 0 Å². The molecule has 4 nitrogen and oxygen atoms in total. The Kier molecular flexibility index (Phi) is 4.54. The Morgan fingerprint density at radius 1 is 1.35 bits per heavy atom. The highest BCUT2D eigenvalue weighted by atomic mass is 35.7. The van der Waals surface area contributed by atoms with E-state index in [-0.39, 0.29) is 17.2 Å². The molecule has 0 saturated heterocycles. The van der Waals surface area contributed by atoms with Gasteiger partial charge in [0, 0.05) is 10.7 Å². The number of benzene rings is 1. The Hall–Kier alpha value is -1.07. The highest BCUT2D eigenvalue weighted by Gasteiger charge is 2.15. The first-order chi connectivity index (χ1) is 7.84. The maximum atomic E-state index is 11.0.